The number of hydrogen-bond donors (Lipinski definition) is 1. The number of benzene rings is 1. The number of fused-ring (bicyclic) bond motifs is 1. The Balaban J connectivity index is 1.63. The van der Waals surface area contributed by atoms with Gasteiger partial charge in [-0.15, -0.1) is 0 Å². The number of ether oxygens (including phenoxy) is 1. The molecule has 0 bridgehead atoms. The SMILES string of the molecule is C1=C2NCCC2=C(c2cccnc2)C(OCc2ccccc2)C1. The molecular weight excluding hydrogens is 284 g/mol. The summed E-state index contributed by atoms with van der Waals surface area (Å²) in [5.41, 5.74) is 6.36. The molecule has 1 aromatic heterocycles. The predicted octanol–water partition coefficient (Wildman–Crippen LogP) is 3.70. The fourth-order valence-electron chi connectivity index (χ4n) is 3.38. The van der Waals surface area contributed by atoms with Crippen LogP contribution in [0.1, 0.15) is 24.0 Å². The second-order valence-corrected chi connectivity index (χ2v) is 5.95. The van der Waals surface area contributed by atoms with Crippen LogP contribution >= 0.6 is 0 Å². The van der Waals surface area contributed by atoms with E-state index in [2.05, 4.69) is 46.7 Å². The first-order chi connectivity index (χ1) is 11.4. The molecule has 1 N–H and O–H groups in total. The zero-order valence-electron chi connectivity index (χ0n) is 13.0. The van der Waals surface area contributed by atoms with Crippen LogP contribution in [0.4, 0.5) is 0 Å². The summed E-state index contributed by atoms with van der Waals surface area (Å²) in [5.74, 6) is 0. The lowest BCUT2D eigenvalue weighted by Crippen LogP contribution is -2.20. The van der Waals surface area contributed by atoms with Gasteiger partial charge >= 0.3 is 0 Å². The summed E-state index contributed by atoms with van der Waals surface area (Å²) in [5, 5.41) is 3.48. The van der Waals surface area contributed by atoms with E-state index in [1.54, 1.807) is 0 Å². The summed E-state index contributed by atoms with van der Waals surface area (Å²) in [6.07, 6.45) is 8.10. The third-order valence-electron chi connectivity index (χ3n) is 4.47. The Kier molecular flexibility index (Phi) is 3.95. The fourth-order valence-corrected chi connectivity index (χ4v) is 3.38. The molecule has 1 unspecified atom stereocenters. The van der Waals surface area contributed by atoms with Gasteiger partial charge in [0.05, 0.1) is 12.7 Å². The zero-order valence-corrected chi connectivity index (χ0v) is 13.0. The van der Waals surface area contributed by atoms with Crippen LogP contribution in [0.3, 0.4) is 0 Å². The lowest BCUT2D eigenvalue weighted by atomic mass is 9.88. The van der Waals surface area contributed by atoms with Gasteiger partial charge in [0.2, 0.25) is 0 Å². The summed E-state index contributed by atoms with van der Waals surface area (Å²) < 4.78 is 6.29. The predicted molar refractivity (Wildman–Crippen MR) is 91.5 cm³/mol. The van der Waals surface area contributed by atoms with Crippen LogP contribution in [0.25, 0.3) is 5.57 Å². The van der Waals surface area contributed by atoms with Crippen molar-refractivity contribution in [2.75, 3.05) is 6.54 Å². The van der Waals surface area contributed by atoms with Crippen molar-refractivity contribution in [3.63, 3.8) is 0 Å². The van der Waals surface area contributed by atoms with Crippen LogP contribution in [-0.2, 0) is 11.3 Å². The first-order valence-corrected chi connectivity index (χ1v) is 8.15. The van der Waals surface area contributed by atoms with Crippen molar-refractivity contribution in [2.45, 2.75) is 25.6 Å². The highest BCUT2D eigenvalue weighted by molar-refractivity contribution is 5.77. The Morgan fingerprint density at radius 2 is 2.04 bits per heavy atom. The molecule has 0 amide bonds. The van der Waals surface area contributed by atoms with Crippen molar-refractivity contribution >= 4 is 5.57 Å². The maximum atomic E-state index is 6.29. The average Bonchev–Trinajstić information content (AvgIpc) is 3.10. The highest BCUT2D eigenvalue weighted by Crippen LogP contribution is 2.37. The molecule has 2 aromatic rings. The van der Waals surface area contributed by atoms with Gasteiger partial charge in [0, 0.05) is 24.6 Å². The first kappa shape index (κ1) is 14.2. The van der Waals surface area contributed by atoms with Crippen LogP contribution in [0.5, 0.6) is 0 Å². The maximum Gasteiger partial charge on any atom is 0.0874 e. The van der Waals surface area contributed by atoms with E-state index in [1.807, 2.05) is 24.5 Å². The van der Waals surface area contributed by atoms with Crippen molar-refractivity contribution in [1.29, 1.82) is 0 Å². The Morgan fingerprint density at radius 3 is 2.87 bits per heavy atom. The van der Waals surface area contributed by atoms with Gasteiger partial charge < -0.3 is 10.1 Å². The van der Waals surface area contributed by atoms with Crippen LogP contribution in [-0.4, -0.2) is 17.6 Å². The standard InChI is InChI=1S/C20H20N2O/c1-2-5-15(6-3-1)14-23-19-9-8-18-17(10-12-22-18)20(19)16-7-4-11-21-13-16/h1-8,11,13,19,22H,9-10,12,14H2. The number of allylic oxidation sites excluding steroid dienone is 1. The number of pyridine rings is 1. The van der Waals surface area contributed by atoms with Gasteiger partial charge in [-0.25, -0.2) is 0 Å². The number of hydrogen-bond acceptors (Lipinski definition) is 3. The molecular formula is C20H20N2O. The van der Waals surface area contributed by atoms with Crippen LogP contribution in [0.15, 0.2) is 72.2 Å². The Hall–Kier alpha value is -2.39. The Labute approximate surface area is 136 Å². The smallest absolute Gasteiger partial charge is 0.0874 e. The van der Waals surface area contributed by atoms with E-state index in [1.165, 1.54) is 28.0 Å². The van der Waals surface area contributed by atoms with Gasteiger partial charge in [-0.1, -0.05) is 42.5 Å². The van der Waals surface area contributed by atoms with E-state index >= 15 is 0 Å². The minimum Gasteiger partial charge on any atom is -0.385 e. The van der Waals surface area contributed by atoms with E-state index in [9.17, 15) is 0 Å². The topological polar surface area (TPSA) is 34.2 Å². The average molecular weight is 304 g/mol. The summed E-state index contributed by atoms with van der Waals surface area (Å²) in [6.45, 7) is 1.65. The normalized spacial score (nSPS) is 20.0. The quantitative estimate of drug-likeness (QED) is 0.935. The Bertz CT molecular complexity index is 735. The molecule has 0 spiro atoms. The molecule has 1 fully saturated rings. The van der Waals surface area contributed by atoms with Gasteiger partial charge in [0.1, 0.15) is 0 Å². The molecule has 1 aliphatic heterocycles. The molecule has 3 heteroatoms. The van der Waals surface area contributed by atoms with E-state index in [4.69, 9.17) is 4.74 Å². The summed E-state index contributed by atoms with van der Waals surface area (Å²) >= 11 is 0. The van der Waals surface area contributed by atoms with Crippen LogP contribution < -0.4 is 5.32 Å². The summed E-state index contributed by atoms with van der Waals surface area (Å²) in [4.78, 5) is 4.30. The van der Waals surface area contributed by atoms with Gasteiger partial charge in [0.25, 0.3) is 0 Å². The molecule has 1 saturated heterocycles. The largest absolute Gasteiger partial charge is 0.385 e. The van der Waals surface area contributed by atoms with Crippen molar-refractivity contribution < 1.29 is 4.74 Å². The molecule has 23 heavy (non-hydrogen) atoms. The van der Waals surface area contributed by atoms with E-state index in [-0.39, 0.29) is 6.10 Å². The molecule has 3 nitrogen and oxygen atoms in total. The minimum atomic E-state index is 0.0954. The van der Waals surface area contributed by atoms with Crippen molar-refractivity contribution in [3.8, 4) is 0 Å². The Morgan fingerprint density at radius 1 is 1.13 bits per heavy atom. The number of aromatic nitrogens is 1. The third kappa shape index (κ3) is 2.92. The monoisotopic (exact) mass is 304 g/mol. The minimum absolute atomic E-state index is 0.0954. The molecule has 1 atom stereocenters. The summed E-state index contributed by atoms with van der Waals surface area (Å²) in [7, 11) is 0. The van der Waals surface area contributed by atoms with E-state index < -0.39 is 0 Å². The van der Waals surface area contributed by atoms with Crippen LogP contribution in [0, 0.1) is 0 Å². The van der Waals surface area contributed by atoms with E-state index in [0.717, 1.165) is 19.4 Å². The zero-order chi connectivity index (χ0) is 15.5. The third-order valence-corrected chi connectivity index (χ3v) is 4.47. The van der Waals surface area contributed by atoms with Gasteiger partial charge in [-0.05, 0) is 41.2 Å². The number of nitrogens with zero attached hydrogens (tertiary/aromatic N) is 1. The molecule has 4 rings (SSSR count). The highest BCUT2D eigenvalue weighted by atomic mass is 16.5. The number of rotatable bonds is 4. The van der Waals surface area contributed by atoms with Crippen molar-refractivity contribution in [2.24, 2.45) is 0 Å². The van der Waals surface area contributed by atoms with Gasteiger partial charge in [0.15, 0.2) is 0 Å². The molecule has 1 aromatic carbocycles. The van der Waals surface area contributed by atoms with Crippen molar-refractivity contribution in [1.82, 2.24) is 10.3 Å². The fraction of sp³-hybridized carbons (Fsp3) is 0.250. The number of nitrogens with one attached hydrogen (secondary N) is 1. The molecule has 1 aliphatic carbocycles. The molecule has 2 aliphatic rings. The van der Waals surface area contributed by atoms with E-state index in [0.29, 0.717) is 6.61 Å². The molecule has 0 radical (unpaired) electrons. The maximum absolute atomic E-state index is 6.29. The highest BCUT2D eigenvalue weighted by Gasteiger charge is 2.28. The van der Waals surface area contributed by atoms with Gasteiger partial charge in [-0.3, -0.25) is 4.98 Å². The van der Waals surface area contributed by atoms with Crippen molar-refractivity contribution in [3.05, 3.63) is 83.3 Å². The van der Waals surface area contributed by atoms with Gasteiger partial charge in [-0.2, -0.15) is 0 Å². The lowest BCUT2D eigenvalue weighted by molar-refractivity contribution is 0.0790. The lowest BCUT2D eigenvalue weighted by Gasteiger charge is -2.26. The molecule has 0 saturated carbocycles. The first-order valence-electron chi connectivity index (χ1n) is 8.15. The van der Waals surface area contributed by atoms with Crippen LogP contribution in [0.2, 0.25) is 0 Å². The second-order valence-electron chi connectivity index (χ2n) is 5.95. The molecule has 2 heterocycles. The summed E-state index contributed by atoms with van der Waals surface area (Å²) in [6, 6.07) is 14.5. The molecule has 116 valence electrons. The second kappa shape index (κ2) is 6.39.